The molecule has 1 aromatic carbocycles. The molecule has 1 amide bonds. The van der Waals surface area contributed by atoms with E-state index in [1.807, 2.05) is 19.1 Å². The summed E-state index contributed by atoms with van der Waals surface area (Å²) in [5.74, 6) is 0.496. The first-order valence-electron chi connectivity index (χ1n) is 3.89. The van der Waals surface area contributed by atoms with Gasteiger partial charge in [0.25, 0.3) is 0 Å². The molecule has 0 spiro atoms. The summed E-state index contributed by atoms with van der Waals surface area (Å²) >= 11 is 7.51. The summed E-state index contributed by atoms with van der Waals surface area (Å²) in [6.45, 7) is 1.99. The lowest BCUT2D eigenvalue weighted by molar-refractivity contribution is -0.113. The first-order chi connectivity index (χ1) is 6.16. The summed E-state index contributed by atoms with van der Waals surface area (Å²) in [7, 11) is 0. The number of benzene rings is 1. The molecule has 2 rings (SSSR count). The molecule has 0 unspecified atom stereocenters. The Balaban J connectivity index is 2.53. The molecule has 0 atom stereocenters. The number of rotatable bonds is 0. The van der Waals surface area contributed by atoms with Crippen molar-refractivity contribution in [3.63, 3.8) is 0 Å². The molecule has 0 radical (unpaired) electrons. The number of fused-ring (bicyclic) bond motifs is 1. The van der Waals surface area contributed by atoms with Crippen LogP contribution in [-0.4, -0.2) is 11.7 Å². The number of hydrogen-bond donors (Lipinski definition) is 1. The average molecular weight is 214 g/mol. The standard InChI is InChI=1S/C9H8ClNOS/c1-5-2-6(10)9-7(3-5)13-4-8(12)11-9/h2-3H,4H2,1H3,(H,11,12). The summed E-state index contributed by atoms with van der Waals surface area (Å²) in [5.41, 5.74) is 1.88. The molecule has 1 aliphatic rings. The summed E-state index contributed by atoms with van der Waals surface area (Å²) < 4.78 is 0. The molecule has 13 heavy (non-hydrogen) atoms. The summed E-state index contributed by atoms with van der Waals surface area (Å²) in [4.78, 5) is 12.1. The summed E-state index contributed by atoms with van der Waals surface area (Å²) in [5, 5.41) is 3.38. The SMILES string of the molecule is Cc1cc(Cl)c2c(c1)SCC(=O)N2. The number of halogens is 1. The van der Waals surface area contributed by atoms with Gasteiger partial charge in [0.1, 0.15) is 0 Å². The molecule has 68 valence electrons. The largest absolute Gasteiger partial charge is 0.323 e. The zero-order chi connectivity index (χ0) is 9.42. The minimum Gasteiger partial charge on any atom is -0.323 e. The van der Waals surface area contributed by atoms with Gasteiger partial charge in [-0.2, -0.15) is 0 Å². The first kappa shape index (κ1) is 8.91. The minimum absolute atomic E-state index is 0.0169. The van der Waals surface area contributed by atoms with Gasteiger partial charge in [0.05, 0.1) is 16.5 Å². The highest BCUT2D eigenvalue weighted by molar-refractivity contribution is 8.00. The maximum Gasteiger partial charge on any atom is 0.234 e. The predicted molar refractivity (Wildman–Crippen MR) is 55.5 cm³/mol. The van der Waals surface area contributed by atoms with Crippen LogP contribution in [0.5, 0.6) is 0 Å². The lowest BCUT2D eigenvalue weighted by Crippen LogP contribution is -2.18. The van der Waals surface area contributed by atoms with Crippen LogP contribution in [0.4, 0.5) is 5.69 Å². The highest BCUT2D eigenvalue weighted by Crippen LogP contribution is 2.37. The first-order valence-corrected chi connectivity index (χ1v) is 5.26. The molecule has 0 saturated carbocycles. The maximum atomic E-state index is 11.1. The molecule has 0 saturated heterocycles. The van der Waals surface area contributed by atoms with Crippen molar-refractivity contribution in [2.45, 2.75) is 11.8 Å². The summed E-state index contributed by atoms with van der Waals surface area (Å²) in [6, 6.07) is 3.89. The number of hydrogen-bond acceptors (Lipinski definition) is 2. The zero-order valence-corrected chi connectivity index (χ0v) is 8.63. The average Bonchev–Trinajstić information content (AvgIpc) is 2.06. The fourth-order valence-corrected chi connectivity index (χ4v) is 2.57. The van der Waals surface area contributed by atoms with Gasteiger partial charge in [-0.05, 0) is 24.6 Å². The molecule has 2 nitrogen and oxygen atoms in total. The number of thioether (sulfide) groups is 1. The molecular weight excluding hydrogens is 206 g/mol. The number of amides is 1. The van der Waals surface area contributed by atoms with E-state index in [9.17, 15) is 4.79 Å². The lowest BCUT2D eigenvalue weighted by Gasteiger charge is -2.17. The van der Waals surface area contributed by atoms with Crippen molar-refractivity contribution >= 4 is 35.0 Å². The van der Waals surface area contributed by atoms with E-state index >= 15 is 0 Å². The van der Waals surface area contributed by atoms with Crippen molar-refractivity contribution in [2.75, 3.05) is 11.1 Å². The van der Waals surface area contributed by atoms with Gasteiger partial charge in [-0.15, -0.1) is 11.8 Å². The second kappa shape index (κ2) is 3.24. The smallest absolute Gasteiger partial charge is 0.234 e. The van der Waals surface area contributed by atoms with Gasteiger partial charge in [0.2, 0.25) is 5.91 Å². The van der Waals surface area contributed by atoms with E-state index in [0.717, 1.165) is 16.1 Å². The maximum absolute atomic E-state index is 11.1. The Bertz CT molecular complexity index is 378. The van der Waals surface area contributed by atoms with E-state index in [1.54, 1.807) is 0 Å². The number of nitrogens with one attached hydrogen (secondary N) is 1. The summed E-state index contributed by atoms with van der Waals surface area (Å²) in [6.07, 6.45) is 0. The zero-order valence-electron chi connectivity index (χ0n) is 7.06. The van der Waals surface area contributed by atoms with Crippen LogP contribution < -0.4 is 5.32 Å². The second-order valence-electron chi connectivity index (χ2n) is 2.96. The lowest BCUT2D eigenvalue weighted by atomic mass is 10.2. The van der Waals surface area contributed by atoms with Gasteiger partial charge in [0.15, 0.2) is 0 Å². The second-order valence-corrected chi connectivity index (χ2v) is 4.38. The van der Waals surface area contributed by atoms with Crippen LogP contribution in [0.25, 0.3) is 0 Å². The fourth-order valence-electron chi connectivity index (χ4n) is 1.26. The van der Waals surface area contributed by atoms with Crippen molar-refractivity contribution in [1.29, 1.82) is 0 Å². The predicted octanol–water partition coefficient (Wildman–Crippen LogP) is 2.69. The highest BCUT2D eigenvalue weighted by Gasteiger charge is 2.17. The van der Waals surface area contributed by atoms with Gasteiger partial charge in [-0.3, -0.25) is 4.79 Å². The van der Waals surface area contributed by atoms with E-state index in [0.29, 0.717) is 10.8 Å². The van der Waals surface area contributed by atoms with Crippen LogP contribution in [0, 0.1) is 6.92 Å². The third kappa shape index (κ3) is 1.67. The van der Waals surface area contributed by atoms with Gasteiger partial charge < -0.3 is 5.32 Å². The molecule has 4 heteroatoms. The Morgan fingerprint density at radius 2 is 2.31 bits per heavy atom. The number of carbonyl (C=O) groups excluding carboxylic acids is 1. The molecule has 1 aliphatic heterocycles. The van der Waals surface area contributed by atoms with Crippen LogP contribution >= 0.6 is 23.4 Å². The van der Waals surface area contributed by atoms with Gasteiger partial charge in [-0.1, -0.05) is 11.6 Å². The number of carbonyl (C=O) groups is 1. The monoisotopic (exact) mass is 213 g/mol. The van der Waals surface area contributed by atoms with E-state index in [2.05, 4.69) is 5.32 Å². The molecule has 0 aromatic heterocycles. The Morgan fingerprint density at radius 1 is 1.54 bits per heavy atom. The van der Waals surface area contributed by atoms with Gasteiger partial charge >= 0.3 is 0 Å². The molecule has 1 aromatic rings. The van der Waals surface area contributed by atoms with Crippen LogP contribution in [0.15, 0.2) is 17.0 Å². The normalized spacial score (nSPS) is 15.1. The van der Waals surface area contributed by atoms with Crippen molar-refractivity contribution < 1.29 is 4.79 Å². The Hall–Kier alpha value is -0.670. The van der Waals surface area contributed by atoms with Crippen LogP contribution in [0.3, 0.4) is 0 Å². The van der Waals surface area contributed by atoms with Gasteiger partial charge in [-0.25, -0.2) is 0 Å². The van der Waals surface area contributed by atoms with Crippen LogP contribution in [0.1, 0.15) is 5.56 Å². The van der Waals surface area contributed by atoms with Crippen molar-refractivity contribution in [3.05, 3.63) is 22.7 Å². The number of aryl methyl sites for hydroxylation is 1. The van der Waals surface area contributed by atoms with Crippen molar-refractivity contribution in [3.8, 4) is 0 Å². The molecule has 1 N–H and O–H groups in total. The quantitative estimate of drug-likeness (QED) is 0.718. The van der Waals surface area contributed by atoms with E-state index in [1.165, 1.54) is 11.8 Å². The fraction of sp³-hybridized carbons (Fsp3) is 0.222. The van der Waals surface area contributed by atoms with E-state index < -0.39 is 0 Å². The topological polar surface area (TPSA) is 29.1 Å². The van der Waals surface area contributed by atoms with E-state index in [4.69, 9.17) is 11.6 Å². The number of anilines is 1. The van der Waals surface area contributed by atoms with Gasteiger partial charge in [0, 0.05) is 4.90 Å². The van der Waals surface area contributed by atoms with E-state index in [-0.39, 0.29) is 5.91 Å². The van der Waals surface area contributed by atoms with Crippen LogP contribution in [0.2, 0.25) is 5.02 Å². The Labute approximate surface area is 85.7 Å². The Morgan fingerprint density at radius 3 is 3.08 bits per heavy atom. The Kier molecular flexibility index (Phi) is 2.22. The molecule has 1 heterocycles. The minimum atomic E-state index is 0.0169. The third-order valence-electron chi connectivity index (χ3n) is 1.82. The van der Waals surface area contributed by atoms with Crippen molar-refractivity contribution in [2.24, 2.45) is 0 Å². The molecule has 0 fully saturated rings. The molecule has 0 aliphatic carbocycles. The molecule has 0 bridgehead atoms. The van der Waals surface area contributed by atoms with Crippen molar-refractivity contribution in [1.82, 2.24) is 0 Å². The van der Waals surface area contributed by atoms with Crippen LogP contribution in [-0.2, 0) is 4.79 Å². The highest BCUT2D eigenvalue weighted by atomic mass is 35.5. The third-order valence-corrected chi connectivity index (χ3v) is 3.16. The molecular formula is C9H8ClNOS.